The number of piperidine rings is 1. The highest BCUT2D eigenvalue weighted by Crippen LogP contribution is 2.35. The molecule has 1 saturated heterocycles. The zero-order valence-corrected chi connectivity index (χ0v) is 11.5. The molecule has 0 aromatic heterocycles. The van der Waals surface area contributed by atoms with E-state index in [4.69, 9.17) is 0 Å². The Balaban J connectivity index is 2.12. The van der Waals surface area contributed by atoms with E-state index in [1.165, 1.54) is 12.8 Å². The topological polar surface area (TPSA) is 15.3 Å². The van der Waals surface area contributed by atoms with Crippen molar-refractivity contribution in [2.75, 3.05) is 25.0 Å². The van der Waals surface area contributed by atoms with Gasteiger partial charge in [-0.15, -0.1) is 0 Å². The van der Waals surface area contributed by atoms with E-state index >= 15 is 0 Å². The van der Waals surface area contributed by atoms with Gasteiger partial charge in [0.2, 0.25) is 0 Å². The van der Waals surface area contributed by atoms with Crippen LogP contribution in [0.15, 0.2) is 24.3 Å². The molecule has 1 aliphatic rings. The molecule has 0 saturated carbocycles. The largest absolute Gasteiger partial charge is 0.366 e. The maximum atomic E-state index is 13.0. The SMILES string of the molecule is CNCC1CCN(c2ccc(F)cc2)C(C)(C)C1. The molecule has 1 aromatic carbocycles. The maximum absolute atomic E-state index is 13.0. The van der Waals surface area contributed by atoms with E-state index in [2.05, 4.69) is 24.1 Å². The van der Waals surface area contributed by atoms with Gasteiger partial charge in [-0.25, -0.2) is 4.39 Å². The molecule has 0 aliphatic carbocycles. The minimum atomic E-state index is -0.165. The first kappa shape index (κ1) is 13.3. The quantitative estimate of drug-likeness (QED) is 0.887. The molecule has 0 spiro atoms. The molecule has 0 radical (unpaired) electrons. The van der Waals surface area contributed by atoms with Gasteiger partial charge in [0.1, 0.15) is 5.82 Å². The molecule has 1 heterocycles. The molecule has 1 aromatic rings. The van der Waals surface area contributed by atoms with Crippen molar-refractivity contribution in [3.05, 3.63) is 30.1 Å². The Morgan fingerprint density at radius 1 is 1.33 bits per heavy atom. The highest BCUT2D eigenvalue weighted by atomic mass is 19.1. The fourth-order valence-electron chi connectivity index (χ4n) is 3.10. The second-order valence-corrected chi connectivity index (χ2v) is 5.86. The van der Waals surface area contributed by atoms with Crippen molar-refractivity contribution in [3.63, 3.8) is 0 Å². The first-order chi connectivity index (χ1) is 8.53. The second kappa shape index (κ2) is 5.27. The Kier molecular flexibility index (Phi) is 3.91. The first-order valence-corrected chi connectivity index (χ1v) is 6.71. The van der Waals surface area contributed by atoms with Crippen LogP contribution in [0.3, 0.4) is 0 Å². The molecule has 0 bridgehead atoms. The van der Waals surface area contributed by atoms with Gasteiger partial charge in [-0.3, -0.25) is 0 Å². The van der Waals surface area contributed by atoms with Crippen molar-refractivity contribution in [2.45, 2.75) is 32.2 Å². The molecule has 1 unspecified atom stereocenters. The van der Waals surface area contributed by atoms with E-state index in [1.54, 1.807) is 12.1 Å². The van der Waals surface area contributed by atoms with Gasteiger partial charge in [-0.1, -0.05) is 0 Å². The van der Waals surface area contributed by atoms with Crippen LogP contribution < -0.4 is 10.2 Å². The number of nitrogens with one attached hydrogen (secondary N) is 1. The normalized spacial score (nSPS) is 23.1. The first-order valence-electron chi connectivity index (χ1n) is 6.71. The predicted octanol–water partition coefficient (Wildman–Crippen LogP) is 3.04. The zero-order chi connectivity index (χ0) is 13.2. The van der Waals surface area contributed by atoms with Crippen LogP contribution in [0.25, 0.3) is 0 Å². The summed E-state index contributed by atoms with van der Waals surface area (Å²) in [6, 6.07) is 6.86. The molecule has 100 valence electrons. The lowest BCUT2D eigenvalue weighted by molar-refractivity contribution is 0.270. The second-order valence-electron chi connectivity index (χ2n) is 5.86. The summed E-state index contributed by atoms with van der Waals surface area (Å²) in [6.45, 7) is 6.68. The Bertz CT molecular complexity index is 386. The summed E-state index contributed by atoms with van der Waals surface area (Å²) < 4.78 is 13.0. The van der Waals surface area contributed by atoms with E-state index in [0.29, 0.717) is 0 Å². The van der Waals surface area contributed by atoms with Gasteiger partial charge in [0, 0.05) is 17.8 Å². The van der Waals surface area contributed by atoms with Crippen LogP contribution >= 0.6 is 0 Å². The van der Waals surface area contributed by atoms with E-state index in [9.17, 15) is 4.39 Å². The van der Waals surface area contributed by atoms with Gasteiger partial charge in [0.25, 0.3) is 0 Å². The predicted molar refractivity (Wildman–Crippen MR) is 74.5 cm³/mol. The minimum Gasteiger partial charge on any atom is -0.366 e. The Morgan fingerprint density at radius 3 is 2.56 bits per heavy atom. The van der Waals surface area contributed by atoms with Crippen molar-refractivity contribution in [3.8, 4) is 0 Å². The molecule has 1 aliphatic heterocycles. The number of hydrogen-bond acceptors (Lipinski definition) is 2. The monoisotopic (exact) mass is 250 g/mol. The van der Waals surface area contributed by atoms with Crippen molar-refractivity contribution in [1.29, 1.82) is 0 Å². The summed E-state index contributed by atoms with van der Waals surface area (Å²) >= 11 is 0. The van der Waals surface area contributed by atoms with Gasteiger partial charge in [0.15, 0.2) is 0 Å². The van der Waals surface area contributed by atoms with Crippen LogP contribution in [0, 0.1) is 11.7 Å². The van der Waals surface area contributed by atoms with Gasteiger partial charge in [0.05, 0.1) is 0 Å². The van der Waals surface area contributed by atoms with Crippen LogP contribution in [-0.4, -0.2) is 25.7 Å². The molecule has 1 N–H and O–H groups in total. The van der Waals surface area contributed by atoms with E-state index in [1.807, 2.05) is 19.2 Å². The number of hydrogen-bond donors (Lipinski definition) is 1. The molecule has 1 atom stereocenters. The third kappa shape index (κ3) is 2.83. The van der Waals surface area contributed by atoms with Crippen molar-refractivity contribution >= 4 is 5.69 Å². The molecule has 3 heteroatoms. The van der Waals surface area contributed by atoms with Gasteiger partial charge < -0.3 is 10.2 Å². The van der Waals surface area contributed by atoms with Gasteiger partial charge in [-0.05, 0) is 70.5 Å². The summed E-state index contributed by atoms with van der Waals surface area (Å²) in [5, 5.41) is 3.27. The van der Waals surface area contributed by atoms with Gasteiger partial charge in [-0.2, -0.15) is 0 Å². The summed E-state index contributed by atoms with van der Waals surface area (Å²) in [5.74, 6) is 0.573. The van der Waals surface area contributed by atoms with Crippen molar-refractivity contribution in [1.82, 2.24) is 5.32 Å². The lowest BCUT2D eigenvalue weighted by atomic mass is 9.82. The molecule has 1 fully saturated rings. The molecular formula is C15H23FN2. The Morgan fingerprint density at radius 2 is 2.00 bits per heavy atom. The average Bonchev–Trinajstić information content (AvgIpc) is 2.30. The maximum Gasteiger partial charge on any atom is 0.123 e. The number of halogens is 1. The third-order valence-electron chi connectivity index (χ3n) is 3.91. The van der Waals surface area contributed by atoms with Crippen molar-refractivity contribution < 1.29 is 4.39 Å². The molecular weight excluding hydrogens is 227 g/mol. The van der Waals surface area contributed by atoms with Crippen LogP contribution in [0.5, 0.6) is 0 Å². The highest BCUT2D eigenvalue weighted by Gasteiger charge is 2.34. The van der Waals surface area contributed by atoms with Crippen LogP contribution in [0.4, 0.5) is 10.1 Å². The van der Waals surface area contributed by atoms with E-state index in [0.717, 1.165) is 24.7 Å². The Hall–Kier alpha value is -1.09. The highest BCUT2D eigenvalue weighted by molar-refractivity contribution is 5.49. The van der Waals surface area contributed by atoms with E-state index in [-0.39, 0.29) is 11.4 Å². The number of nitrogens with zero attached hydrogens (tertiary/aromatic N) is 1. The fourth-order valence-corrected chi connectivity index (χ4v) is 3.10. The number of benzene rings is 1. The molecule has 2 nitrogen and oxygen atoms in total. The fraction of sp³-hybridized carbons (Fsp3) is 0.600. The number of rotatable bonds is 3. The Labute approximate surface area is 109 Å². The van der Waals surface area contributed by atoms with Crippen LogP contribution in [-0.2, 0) is 0 Å². The van der Waals surface area contributed by atoms with Crippen molar-refractivity contribution in [2.24, 2.45) is 5.92 Å². The van der Waals surface area contributed by atoms with E-state index < -0.39 is 0 Å². The molecule has 18 heavy (non-hydrogen) atoms. The lowest BCUT2D eigenvalue weighted by Crippen LogP contribution is -2.51. The number of anilines is 1. The van der Waals surface area contributed by atoms with Crippen LogP contribution in [0.1, 0.15) is 26.7 Å². The summed E-state index contributed by atoms with van der Waals surface area (Å²) in [4.78, 5) is 2.40. The molecule has 0 amide bonds. The molecule has 2 rings (SSSR count). The van der Waals surface area contributed by atoms with Gasteiger partial charge >= 0.3 is 0 Å². The third-order valence-corrected chi connectivity index (χ3v) is 3.91. The standard InChI is InChI=1S/C15H23FN2/c1-15(2)10-12(11-17-3)8-9-18(15)14-6-4-13(16)5-7-14/h4-7,12,17H,8-11H2,1-3H3. The summed E-state index contributed by atoms with van der Waals surface area (Å²) in [5.41, 5.74) is 1.27. The smallest absolute Gasteiger partial charge is 0.123 e. The zero-order valence-electron chi connectivity index (χ0n) is 11.5. The summed E-state index contributed by atoms with van der Waals surface area (Å²) in [7, 11) is 2.01. The van der Waals surface area contributed by atoms with Crippen LogP contribution in [0.2, 0.25) is 0 Å². The lowest BCUT2D eigenvalue weighted by Gasteiger charge is -2.47. The minimum absolute atomic E-state index is 0.137. The summed E-state index contributed by atoms with van der Waals surface area (Å²) in [6.07, 6.45) is 2.37. The average molecular weight is 250 g/mol.